The van der Waals surface area contributed by atoms with Gasteiger partial charge in [0.25, 0.3) is 0 Å². The second-order valence-corrected chi connectivity index (χ2v) is 7.76. The van der Waals surface area contributed by atoms with Crippen molar-refractivity contribution < 1.29 is 28.6 Å². The fourth-order valence-corrected chi connectivity index (χ4v) is 3.66. The van der Waals surface area contributed by atoms with Gasteiger partial charge < -0.3 is 19.5 Å². The predicted octanol–water partition coefficient (Wildman–Crippen LogP) is 3.80. The van der Waals surface area contributed by atoms with Crippen molar-refractivity contribution in [3.05, 3.63) is 45.1 Å². The fourth-order valence-electron chi connectivity index (χ4n) is 2.65. The van der Waals surface area contributed by atoms with E-state index in [0.29, 0.717) is 26.3 Å². The van der Waals surface area contributed by atoms with E-state index in [1.54, 1.807) is 30.3 Å². The Labute approximate surface area is 177 Å². The molecule has 0 aliphatic carbocycles. The summed E-state index contributed by atoms with van der Waals surface area (Å²) in [5.74, 6) is 0.00484. The van der Waals surface area contributed by atoms with E-state index in [-0.39, 0.29) is 31.0 Å². The molecular weight excluding hydrogens is 418 g/mol. The van der Waals surface area contributed by atoms with Crippen LogP contribution in [0.25, 0.3) is 0 Å². The van der Waals surface area contributed by atoms with Crippen LogP contribution in [0.5, 0.6) is 11.5 Å². The Kier molecular flexibility index (Phi) is 8.48. The van der Waals surface area contributed by atoms with Gasteiger partial charge in [-0.3, -0.25) is 14.4 Å². The lowest BCUT2D eigenvalue weighted by Crippen LogP contribution is -2.30. The number of amides is 1. The lowest BCUT2D eigenvalue weighted by atomic mass is 10.0. The molecule has 0 aliphatic heterocycles. The lowest BCUT2D eigenvalue weighted by molar-refractivity contribution is -0.141. The molecule has 1 amide bonds. The number of hydrogen-bond acceptors (Lipinski definition) is 7. The van der Waals surface area contributed by atoms with Gasteiger partial charge in [-0.05, 0) is 29.8 Å². The molecule has 1 aromatic heterocycles. The number of carbonyl (C=O) groups is 3. The van der Waals surface area contributed by atoms with Crippen LogP contribution in [0, 0.1) is 0 Å². The van der Waals surface area contributed by atoms with Gasteiger partial charge in [-0.2, -0.15) is 0 Å². The number of halogens is 1. The van der Waals surface area contributed by atoms with Gasteiger partial charge in [0, 0.05) is 12.8 Å². The van der Waals surface area contributed by atoms with Gasteiger partial charge in [0.15, 0.2) is 17.3 Å². The van der Waals surface area contributed by atoms with Gasteiger partial charge in [0.2, 0.25) is 5.91 Å². The second-order valence-electron chi connectivity index (χ2n) is 6.04. The van der Waals surface area contributed by atoms with E-state index in [9.17, 15) is 14.4 Å². The number of rotatable bonds is 10. The average molecular weight is 440 g/mol. The highest BCUT2D eigenvalue weighted by molar-refractivity contribution is 7.18. The van der Waals surface area contributed by atoms with Crippen LogP contribution in [0.3, 0.4) is 0 Å². The van der Waals surface area contributed by atoms with Gasteiger partial charge in [0.05, 0.1) is 43.0 Å². The molecule has 29 heavy (non-hydrogen) atoms. The topological polar surface area (TPSA) is 90.9 Å². The third kappa shape index (κ3) is 6.47. The van der Waals surface area contributed by atoms with E-state index in [1.807, 2.05) is 0 Å². The number of ketones is 1. The van der Waals surface area contributed by atoms with Crippen molar-refractivity contribution in [1.82, 2.24) is 5.32 Å². The summed E-state index contributed by atoms with van der Waals surface area (Å²) in [5.41, 5.74) is 0.651. The predicted molar refractivity (Wildman–Crippen MR) is 110 cm³/mol. The van der Waals surface area contributed by atoms with Crippen molar-refractivity contribution in [3.63, 3.8) is 0 Å². The maximum atomic E-state index is 12.4. The summed E-state index contributed by atoms with van der Waals surface area (Å²) < 4.78 is 15.7. The van der Waals surface area contributed by atoms with Crippen molar-refractivity contribution in [3.8, 4) is 11.5 Å². The van der Waals surface area contributed by atoms with Crippen LogP contribution in [-0.2, 0) is 14.3 Å². The van der Waals surface area contributed by atoms with Crippen molar-refractivity contribution in [2.24, 2.45) is 0 Å². The summed E-state index contributed by atoms with van der Waals surface area (Å²) in [6, 6.07) is 7.75. The minimum Gasteiger partial charge on any atom is -0.493 e. The molecule has 156 valence electrons. The normalized spacial score (nSPS) is 11.4. The highest BCUT2D eigenvalue weighted by Crippen LogP contribution is 2.31. The van der Waals surface area contributed by atoms with Gasteiger partial charge in [-0.1, -0.05) is 17.7 Å². The molecular formula is C20H22ClNO6S. The third-order valence-corrected chi connectivity index (χ3v) is 5.44. The molecule has 0 radical (unpaired) electrons. The van der Waals surface area contributed by atoms with Crippen LogP contribution in [0.15, 0.2) is 30.3 Å². The van der Waals surface area contributed by atoms with Crippen LogP contribution in [0.4, 0.5) is 0 Å². The average Bonchev–Trinajstić information content (AvgIpc) is 3.17. The van der Waals surface area contributed by atoms with Crippen LogP contribution in [0.2, 0.25) is 4.34 Å². The summed E-state index contributed by atoms with van der Waals surface area (Å²) in [6.45, 7) is 0. The zero-order valence-corrected chi connectivity index (χ0v) is 17.9. The van der Waals surface area contributed by atoms with E-state index in [4.69, 9.17) is 25.8 Å². The first-order valence-corrected chi connectivity index (χ1v) is 9.94. The summed E-state index contributed by atoms with van der Waals surface area (Å²) in [5, 5.41) is 2.79. The molecule has 1 atom stereocenters. The fraction of sp³-hybridized carbons (Fsp3) is 0.350. The Morgan fingerprint density at radius 3 is 2.34 bits per heavy atom. The molecule has 2 aromatic rings. The summed E-state index contributed by atoms with van der Waals surface area (Å²) >= 11 is 7.01. The van der Waals surface area contributed by atoms with Crippen LogP contribution in [-0.4, -0.2) is 39.0 Å². The molecule has 0 bridgehead atoms. The summed E-state index contributed by atoms with van der Waals surface area (Å²) in [6.07, 6.45) is -0.0366. The minimum atomic E-state index is -0.638. The quantitative estimate of drug-likeness (QED) is 0.447. The first kappa shape index (κ1) is 22.7. The Morgan fingerprint density at radius 1 is 1.03 bits per heavy atom. The van der Waals surface area contributed by atoms with E-state index < -0.39 is 12.0 Å². The molecule has 0 fully saturated rings. The number of hydrogen-bond donors (Lipinski definition) is 1. The monoisotopic (exact) mass is 439 g/mol. The molecule has 7 nitrogen and oxygen atoms in total. The molecule has 1 N–H and O–H groups in total. The molecule has 1 aromatic carbocycles. The van der Waals surface area contributed by atoms with Crippen LogP contribution in [0.1, 0.15) is 40.5 Å². The Morgan fingerprint density at radius 2 is 1.76 bits per heavy atom. The zero-order chi connectivity index (χ0) is 21.4. The Balaban J connectivity index is 2.08. The molecule has 0 saturated carbocycles. The zero-order valence-electron chi connectivity index (χ0n) is 16.3. The minimum absolute atomic E-state index is 0.0146. The highest BCUT2D eigenvalue weighted by Gasteiger charge is 2.21. The number of esters is 1. The molecule has 1 unspecified atom stereocenters. The van der Waals surface area contributed by atoms with E-state index in [1.165, 1.54) is 32.7 Å². The SMILES string of the molecule is COC(=O)CC(NC(=O)CCC(=O)c1ccc(Cl)s1)c1ccc(OC)c(OC)c1. The van der Waals surface area contributed by atoms with E-state index in [0.717, 1.165) is 0 Å². The number of carbonyl (C=O) groups excluding carboxylic acids is 3. The van der Waals surface area contributed by atoms with Crippen LogP contribution >= 0.6 is 22.9 Å². The molecule has 0 spiro atoms. The van der Waals surface area contributed by atoms with Crippen molar-refractivity contribution in [1.29, 1.82) is 0 Å². The van der Waals surface area contributed by atoms with E-state index in [2.05, 4.69) is 5.32 Å². The number of nitrogens with one attached hydrogen (secondary N) is 1. The number of benzene rings is 1. The smallest absolute Gasteiger partial charge is 0.307 e. The first-order valence-electron chi connectivity index (χ1n) is 8.74. The number of Topliss-reactive ketones (excluding diaryl/α,β-unsaturated/α-hetero) is 1. The molecule has 2 rings (SSSR count). The highest BCUT2D eigenvalue weighted by atomic mass is 35.5. The molecule has 0 saturated heterocycles. The van der Waals surface area contributed by atoms with Gasteiger partial charge in [-0.15, -0.1) is 11.3 Å². The number of methoxy groups -OCH3 is 3. The van der Waals surface area contributed by atoms with Crippen molar-refractivity contribution in [2.45, 2.75) is 25.3 Å². The second kappa shape index (κ2) is 10.8. The maximum absolute atomic E-state index is 12.4. The lowest BCUT2D eigenvalue weighted by Gasteiger charge is -2.19. The van der Waals surface area contributed by atoms with Gasteiger partial charge in [0.1, 0.15) is 0 Å². The maximum Gasteiger partial charge on any atom is 0.307 e. The van der Waals surface area contributed by atoms with Gasteiger partial charge in [-0.25, -0.2) is 0 Å². The first-order chi connectivity index (χ1) is 13.9. The van der Waals surface area contributed by atoms with Gasteiger partial charge >= 0.3 is 5.97 Å². The molecule has 0 aliphatic rings. The summed E-state index contributed by atoms with van der Waals surface area (Å²) in [4.78, 5) is 36.9. The molecule has 1 heterocycles. The number of ether oxygens (including phenoxy) is 3. The van der Waals surface area contributed by atoms with E-state index >= 15 is 0 Å². The summed E-state index contributed by atoms with van der Waals surface area (Å²) in [7, 11) is 4.29. The molecule has 9 heteroatoms. The third-order valence-electron chi connectivity index (χ3n) is 4.17. The number of thiophene rings is 1. The standard InChI is InChI=1S/C20H22ClNO6S/c1-26-15-6-4-12(10-16(15)27-2)13(11-20(25)28-3)22-19(24)9-5-14(23)17-7-8-18(21)29-17/h4,6-8,10,13H,5,9,11H2,1-3H3,(H,22,24). The Hall–Kier alpha value is -2.58. The van der Waals surface area contributed by atoms with Crippen molar-refractivity contribution in [2.75, 3.05) is 21.3 Å². The van der Waals surface area contributed by atoms with Crippen molar-refractivity contribution >= 4 is 40.6 Å². The van der Waals surface area contributed by atoms with Crippen LogP contribution < -0.4 is 14.8 Å². The Bertz CT molecular complexity index is 882. The largest absolute Gasteiger partial charge is 0.493 e.